The molecule has 0 saturated heterocycles. The van der Waals surface area contributed by atoms with Gasteiger partial charge in [-0.25, -0.2) is 4.79 Å². The van der Waals surface area contributed by atoms with Crippen molar-refractivity contribution < 1.29 is 19.7 Å². The Kier molecular flexibility index (Phi) is 6.28. The fourth-order valence-electron chi connectivity index (χ4n) is 1.72. The Balaban J connectivity index is 2.50. The zero-order valence-corrected chi connectivity index (χ0v) is 12.9. The first-order valence-corrected chi connectivity index (χ1v) is 6.92. The van der Waals surface area contributed by atoms with Gasteiger partial charge in [-0.15, -0.1) is 0 Å². The number of amides is 1. The average Bonchev–Trinajstić information content (AvgIpc) is 2.44. The summed E-state index contributed by atoms with van der Waals surface area (Å²) in [4.78, 5) is 15.4. The first-order chi connectivity index (χ1) is 10.2. The van der Waals surface area contributed by atoms with Crippen molar-refractivity contribution in [3.05, 3.63) is 29.6 Å². The number of aromatic nitrogens is 1. The van der Waals surface area contributed by atoms with Gasteiger partial charge in [0.25, 0.3) is 0 Å². The molecule has 0 aliphatic carbocycles. The van der Waals surface area contributed by atoms with Crippen LogP contribution in [0.1, 0.15) is 44.6 Å². The van der Waals surface area contributed by atoms with Gasteiger partial charge in [-0.05, 0) is 39.3 Å². The Hall–Kier alpha value is -2.17. The standard InChI is InChI=1S/C15H21N3O4/c1-15(2,3)22-14(21)18-8-6-11(19)13(20)12-10(9-16)5-4-7-17-12/h4-5,7,11,13,19-20H,6,8H2,1-3H3,(H,18,21). The second-order valence-electron chi connectivity index (χ2n) is 5.78. The molecule has 22 heavy (non-hydrogen) atoms. The number of pyridine rings is 1. The molecule has 120 valence electrons. The molecule has 7 nitrogen and oxygen atoms in total. The molecule has 0 spiro atoms. The van der Waals surface area contributed by atoms with Crippen LogP contribution in [0.15, 0.2) is 18.3 Å². The number of ether oxygens (including phenoxy) is 1. The smallest absolute Gasteiger partial charge is 0.407 e. The molecular weight excluding hydrogens is 286 g/mol. The number of hydrogen-bond acceptors (Lipinski definition) is 6. The van der Waals surface area contributed by atoms with Crippen LogP contribution in [0, 0.1) is 11.3 Å². The van der Waals surface area contributed by atoms with E-state index in [2.05, 4.69) is 10.3 Å². The molecule has 0 aromatic carbocycles. The number of rotatable bonds is 5. The van der Waals surface area contributed by atoms with Gasteiger partial charge in [-0.1, -0.05) is 0 Å². The van der Waals surface area contributed by atoms with Crippen molar-refractivity contribution in [2.24, 2.45) is 0 Å². The Labute approximate surface area is 129 Å². The quantitative estimate of drug-likeness (QED) is 0.754. The van der Waals surface area contributed by atoms with E-state index in [1.807, 2.05) is 6.07 Å². The van der Waals surface area contributed by atoms with Gasteiger partial charge >= 0.3 is 6.09 Å². The van der Waals surface area contributed by atoms with Crippen LogP contribution < -0.4 is 5.32 Å². The van der Waals surface area contributed by atoms with Crippen molar-refractivity contribution in [1.82, 2.24) is 10.3 Å². The van der Waals surface area contributed by atoms with Gasteiger partial charge in [0.05, 0.1) is 17.4 Å². The molecule has 0 radical (unpaired) electrons. The molecule has 0 bridgehead atoms. The van der Waals surface area contributed by atoms with E-state index in [-0.39, 0.29) is 24.2 Å². The molecule has 1 heterocycles. The molecule has 7 heteroatoms. The van der Waals surface area contributed by atoms with Crippen molar-refractivity contribution in [1.29, 1.82) is 5.26 Å². The summed E-state index contributed by atoms with van der Waals surface area (Å²) in [7, 11) is 0. The number of carbonyl (C=O) groups is 1. The highest BCUT2D eigenvalue weighted by molar-refractivity contribution is 5.67. The number of aliphatic hydroxyl groups excluding tert-OH is 2. The lowest BCUT2D eigenvalue weighted by Gasteiger charge is -2.21. The third-order valence-corrected chi connectivity index (χ3v) is 2.71. The van der Waals surface area contributed by atoms with Crippen molar-refractivity contribution in [3.8, 4) is 6.07 Å². The maximum atomic E-state index is 11.4. The minimum Gasteiger partial charge on any atom is -0.444 e. The van der Waals surface area contributed by atoms with E-state index in [9.17, 15) is 15.0 Å². The monoisotopic (exact) mass is 307 g/mol. The lowest BCUT2D eigenvalue weighted by atomic mass is 10.0. The molecule has 0 aliphatic heterocycles. The van der Waals surface area contributed by atoms with E-state index in [1.54, 1.807) is 26.8 Å². The largest absolute Gasteiger partial charge is 0.444 e. The minimum atomic E-state index is -1.30. The van der Waals surface area contributed by atoms with Gasteiger partial charge in [-0.3, -0.25) is 4.98 Å². The molecule has 1 rings (SSSR count). The zero-order chi connectivity index (χ0) is 16.8. The Morgan fingerprint density at radius 3 is 2.77 bits per heavy atom. The van der Waals surface area contributed by atoms with Crippen molar-refractivity contribution >= 4 is 6.09 Å². The summed E-state index contributed by atoms with van der Waals surface area (Å²) in [6, 6.07) is 4.99. The molecule has 0 aliphatic rings. The van der Waals surface area contributed by atoms with Crippen LogP contribution in [0.25, 0.3) is 0 Å². The topological polar surface area (TPSA) is 115 Å². The van der Waals surface area contributed by atoms with Crippen LogP contribution in [0.3, 0.4) is 0 Å². The fourth-order valence-corrected chi connectivity index (χ4v) is 1.72. The van der Waals surface area contributed by atoms with E-state index >= 15 is 0 Å². The van der Waals surface area contributed by atoms with Gasteiger partial charge in [0.2, 0.25) is 0 Å². The summed E-state index contributed by atoms with van der Waals surface area (Å²) in [5.74, 6) is 0. The van der Waals surface area contributed by atoms with Gasteiger partial charge in [0.1, 0.15) is 17.8 Å². The number of nitrogens with zero attached hydrogens (tertiary/aromatic N) is 2. The molecule has 0 fully saturated rings. The van der Waals surface area contributed by atoms with E-state index in [0.717, 1.165) is 0 Å². The zero-order valence-electron chi connectivity index (χ0n) is 12.9. The summed E-state index contributed by atoms with van der Waals surface area (Å²) in [5.41, 5.74) is -0.276. The third kappa shape index (κ3) is 5.68. The number of aliphatic hydroxyl groups is 2. The first kappa shape index (κ1) is 17.9. The first-order valence-electron chi connectivity index (χ1n) is 6.92. The lowest BCUT2D eigenvalue weighted by Crippen LogP contribution is -2.34. The van der Waals surface area contributed by atoms with Crippen molar-refractivity contribution in [2.45, 2.75) is 45.0 Å². The molecule has 1 amide bonds. The van der Waals surface area contributed by atoms with Crippen LogP contribution in [-0.4, -0.2) is 39.5 Å². The molecule has 1 aromatic heterocycles. The summed E-state index contributed by atoms with van der Waals surface area (Å²) >= 11 is 0. The highest BCUT2D eigenvalue weighted by Crippen LogP contribution is 2.19. The second-order valence-corrected chi connectivity index (χ2v) is 5.78. The predicted molar refractivity (Wildman–Crippen MR) is 78.8 cm³/mol. The number of nitrogens with one attached hydrogen (secondary N) is 1. The molecule has 2 unspecified atom stereocenters. The predicted octanol–water partition coefficient (Wildman–Crippen LogP) is 1.26. The van der Waals surface area contributed by atoms with Gasteiger partial charge < -0.3 is 20.3 Å². The van der Waals surface area contributed by atoms with Gasteiger partial charge in [0.15, 0.2) is 0 Å². The van der Waals surface area contributed by atoms with Crippen LogP contribution in [0.4, 0.5) is 4.79 Å². The van der Waals surface area contributed by atoms with Gasteiger partial charge in [-0.2, -0.15) is 5.26 Å². The van der Waals surface area contributed by atoms with Crippen LogP contribution in [0.5, 0.6) is 0 Å². The molecule has 2 atom stereocenters. The van der Waals surface area contributed by atoms with E-state index in [4.69, 9.17) is 10.00 Å². The Morgan fingerprint density at radius 2 is 2.18 bits per heavy atom. The highest BCUT2D eigenvalue weighted by Gasteiger charge is 2.23. The Bertz CT molecular complexity index is 548. The third-order valence-electron chi connectivity index (χ3n) is 2.71. The minimum absolute atomic E-state index is 0.0991. The average molecular weight is 307 g/mol. The summed E-state index contributed by atoms with van der Waals surface area (Å²) in [6.45, 7) is 5.36. The summed E-state index contributed by atoms with van der Waals surface area (Å²) in [5, 5.41) is 31.4. The number of carbonyl (C=O) groups excluding carboxylic acids is 1. The number of nitriles is 1. The van der Waals surface area contributed by atoms with E-state index < -0.39 is 23.9 Å². The Morgan fingerprint density at radius 1 is 1.50 bits per heavy atom. The lowest BCUT2D eigenvalue weighted by molar-refractivity contribution is 0.00977. The fraction of sp³-hybridized carbons (Fsp3) is 0.533. The maximum absolute atomic E-state index is 11.4. The molecular formula is C15H21N3O4. The highest BCUT2D eigenvalue weighted by atomic mass is 16.6. The second kappa shape index (κ2) is 7.73. The van der Waals surface area contributed by atoms with Crippen LogP contribution in [0.2, 0.25) is 0 Å². The normalized spacial score (nSPS) is 13.8. The summed E-state index contributed by atoms with van der Waals surface area (Å²) in [6.07, 6.45) is -1.51. The van der Waals surface area contributed by atoms with Crippen LogP contribution in [-0.2, 0) is 4.74 Å². The van der Waals surface area contributed by atoms with E-state index in [0.29, 0.717) is 0 Å². The van der Waals surface area contributed by atoms with E-state index in [1.165, 1.54) is 12.3 Å². The number of hydrogen-bond donors (Lipinski definition) is 3. The van der Waals surface area contributed by atoms with Crippen LogP contribution >= 0.6 is 0 Å². The SMILES string of the molecule is CC(C)(C)OC(=O)NCCC(O)C(O)c1ncccc1C#N. The van der Waals surface area contributed by atoms with Gasteiger partial charge in [0, 0.05) is 12.7 Å². The maximum Gasteiger partial charge on any atom is 0.407 e. The molecule has 0 saturated carbocycles. The van der Waals surface area contributed by atoms with Crippen molar-refractivity contribution in [3.63, 3.8) is 0 Å². The number of alkyl carbamates (subject to hydrolysis) is 1. The summed E-state index contributed by atoms with van der Waals surface area (Å²) < 4.78 is 5.05. The van der Waals surface area contributed by atoms with Crippen molar-refractivity contribution in [2.75, 3.05) is 6.54 Å². The molecule has 3 N–H and O–H groups in total. The molecule has 1 aromatic rings.